The fourth-order valence-corrected chi connectivity index (χ4v) is 3.67. The van der Waals surface area contributed by atoms with Crippen molar-refractivity contribution in [3.63, 3.8) is 0 Å². The van der Waals surface area contributed by atoms with Gasteiger partial charge in [-0.25, -0.2) is 14.6 Å². The molecule has 1 aliphatic rings. The standard InChI is InChI=1S/C17H23N5OS/c1-11-19-14-6-5-13(10-22(14)21-11)20-16(23)12-7-8-18-15(9-12)24-17(2,3)4/h7-9,13H,5-6,10H2,1-4H3,(H,20,23). The maximum absolute atomic E-state index is 12.6. The molecule has 2 aromatic heterocycles. The number of carbonyl (C=O) groups is 1. The number of hydrogen-bond acceptors (Lipinski definition) is 5. The molecule has 128 valence electrons. The number of rotatable bonds is 3. The molecule has 0 saturated heterocycles. The average Bonchev–Trinajstić information content (AvgIpc) is 2.85. The molecule has 3 heterocycles. The highest BCUT2D eigenvalue weighted by Gasteiger charge is 2.23. The van der Waals surface area contributed by atoms with Crippen molar-refractivity contribution < 1.29 is 4.79 Å². The molecule has 24 heavy (non-hydrogen) atoms. The van der Waals surface area contributed by atoms with Crippen LogP contribution in [-0.2, 0) is 13.0 Å². The van der Waals surface area contributed by atoms with Crippen molar-refractivity contribution in [2.75, 3.05) is 0 Å². The third kappa shape index (κ3) is 4.14. The molecule has 0 fully saturated rings. The highest BCUT2D eigenvalue weighted by atomic mass is 32.2. The summed E-state index contributed by atoms with van der Waals surface area (Å²) in [5.74, 6) is 1.74. The van der Waals surface area contributed by atoms with Crippen LogP contribution in [0.1, 0.15) is 49.2 Å². The van der Waals surface area contributed by atoms with Crippen LogP contribution in [0.25, 0.3) is 0 Å². The van der Waals surface area contributed by atoms with Gasteiger partial charge in [-0.1, -0.05) is 20.8 Å². The van der Waals surface area contributed by atoms with Gasteiger partial charge in [0.2, 0.25) is 0 Å². The highest BCUT2D eigenvalue weighted by Crippen LogP contribution is 2.30. The average molecular weight is 345 g/mol. The van der Waals surface area contributed by atoms with Crippen molar-refractivity contribution in [2.24, 2.45) is 0 Å². The Bertz CT molecular complexity index is 750. The maximum atomic E-state index is 12.6. The molecule has 3 rings (SSSR count). The van der Waals surface area contributed by atoms with Gasteiger partial charge in [-0.15, -0.1) is 11.8 Å². The molecule has 0 aliphatic carbocycles. The number of thioether (sulfide) groups is 1. The first-order valence-electron chi connectivity index (χ1n) is 8.16. The summed E-state index contributed by atoms with van der Waals surface area (Å²) in [6.45, 7) is 8.96. The second kappa shape index (κ2) is 6.55. The van der Waals surface area contributed by atoms with Gasteiger partial charge in [-0.2, -0.15) is 5.10 Å². The maximum Gasteiger partial charge on any atom is 0.251 e. The smallest absolute Gasteiger partial charge is 0.251 e. The van der Waals surface area contributed by atoms with Crippen LogP contribution in [0.5, 0.6) is 0 Å². The van der Waals surface area contributed by atoms with Crippen LogP contribution in [0, 0.1) is 6.92 Å². The van der Waals surface area contributed by atoms with E-state index in [2.05, 4.69) is 41.2 Å². The number of pyridine rings is 1. The number of aryl methyl sites for hydroxylation is 2. The number of hydrogen-bond donors (Lipinski definition) is 1. The molecule has 0 aromatic carbocycles. The van der Waals surface area contributed by atoms with Gasteiger partial charge < -0.3 is 5.32 Å². The number of carbonyl (C=O) groups excluding carboxylic acids is 1. The first-order valence-corrected chi connectivity index (χ1v) is 8.98. The Balaban J connectivity index is 1.66. The Kier molecular flexibility index (Phi) is 4.62. The van der Waals surface area contributed by atoms with Crippen LogP contribution in [0.15, 0.2) is 23.4 Å². The Morgan fingerprint density at radius 1 is 1.42 bits per heavy atom. The fourth-order valence-electron chi connectivity index (χ4n) is 2.74. The summed E-state index contributed by atoms with van der Waals surface area (Å²) >= 11 is 1.66. The number of aromatic nitrogens is 4. The van der Waals surface area contributed by atoms with Crippen molar-refractivity contribution in [2.45, 2.75) is 62.9 Å². The van der Waals surface area contributed by atoms with Crippen LogP contribution < -0.4 is 5.32 Å². The summed E-state index contributed by atoms with van der Waals surface area (Å²) in [6.07, 6.45) is 3.43. The van der Waals surface area contributed by atoms with Gasteiger partial charge in [0.25, 0.3) is 5.91 Å². The van der Waals surface area contributed by atoms with Crippen molar-refractivity contribution in [3.05, 3.63) is 35.5 Å². The molecule has 1 amide bonds. The van der Waals surface area contributed by atoms with E-state index in [9.17, 15) is 4.79 Å². The third-order valence-corrected chi connectivity index (χ3v) is 4.75. The van der Waals surface area contributed by atoms with Crippen LogP contribution in [0.2, 0.25) is 0 Å². The van der Waals surface area contributed by atoms with Crippen LogP contribution >= 0.6 is 11.8 Å². The molecule has 6 nitrogen and oxygen atoms in total. The predicted molar refractivity (Wildman–Crippen MR) is 94.2 cm³/mol. The zero-order chi connectivity index (χ0) is 17.3. The second-order valence-electron chi connectivity index (χ2n) is 7.06. The molecule has 7 heteroatoms. The van der Waals surface area contributed by atoms with Gasteiger partial charge in [-0.3, -0.25) is 4.79 Å². The lowest BCUT2D eigenvalue weighted by atomic mass is 10.1. The van der Waals surface area contributed by atoms with Crippen LogP contribution in [0.3, 0.4) is 0 Å². The molecule has 1 N–H and O–H groups in total. The lowest BCUT2D eigenvalue weighted by molar-refractivity contribution is 0.0926. The molecule has 0 bridgehead atoms. The summed E-state index contributed by atoms with van der Waals surface area (Å²) < 4.78 is 1.96. The van der Waals surface area contributed by atoms with Crippen molar-refractivity contribution in [3.8, 4) is 0 Å². The van der Waals surface area contributed by atoms with E-state index in [1.54, 1.807) is 24.0 Å². The Labute approximate surface area is 146 Å². The molecule has 0 radical (unpaired) electrons. The number of nitrogens with zero attached hydrogens (tertiary/aromatic N) is 4. The molecular weight excluding hydrogens is 322 g/mol. The zero-order valence-corrected chi connectivity index (χ0v) is 15.4. The Morgan fingerprint density at radius 2 is 2.21 bits per heavy atom. The monoisotopic (exact) mass is 345 g/mol. The topological polar surface area (TPSA) is 72.7 Å². The quantitative estimate of drug-likeness (QED) is 0.866. The van der Waals surface area contributed by atoms with Gasteiger partial charge in [0.05, 0.1) is 11.6 Å². The molecule has 0 spiro atoms. The third-order valence-electron chi connectivity index (χ3n) is 3.71. The van der Waals surface area contributed by atoms with Crippen molar-refractivity contribution >= 4 is 17.7 Å². The van der Waals surface area contributed by atoms with Crippen LogP contribution in [0.4, 0.5) is 0 Å². The van der Waals surface area contributed by atoms with Gasteiger partial charge >= 0.3 is 0 Å². The number of fused-ring (bicyclic) bond motifs is 1. The van der Waals surface area contributed by atoms with Gasteiger partial charge in [0.15, 0.2) is 0 Å². The van der Waals surface area contributed by atoms with Crippen LogP contribution in [-0.4, -0.2) is 36.4 Å². The van der Waals surface area contributed by atoms with Crippen molar-refractivity contribution in [1.29, 1.82) is 0 Å². The molecule has 1 aliphatic heterocycles. The zero-order valence-electron chi connectivity index (χ0n) is 14.5. The normalized spacial score (nSPS) is 17.4. The van der Waals surface area contributed by atoms with E-state index in [-0.39, 0.29) is 16.7 Å². The Morgan fingerprint density at radius 3 is 2.96 bits per heavy atom. The largest absolute Gasteiger partial charge is 0.347 e. The highest BCUT2D eigenvalue weighted by molar-refractivity contribution is 8.00. The molecule has 1 unspecified atom stereocenters. The van der Waals surface area contributed by atoms with E-state index in [1.807, 2.05) is 17.7 Å². The van der Waals surface area contributed by atoms with Crippen molar-refractivity contribution in [1.82, 2.24) is 25.1 Å². The molecule has 1 atom stereocenters. The summed E-state index contributed by atoms with van der Waals surface area (Å²) in [7, 11) is 0. The van der Waals surface area contributed by atoms with E-state index < -0.39 is 0 Å². The minimum atomic E-state index is -0.0570. The predicted octanol–water partition coefficient (Wildman–Crippen LogP) is 2.62. The molecular formula is C17H23N5OS. The second-order valence-corrected chi connectivity index (χ2v) is 8.91. The summed E-state index contributed by atoms with van der Waals surface area (Å²) in [5.41, 5.74) is 0.650. The van der Waals surface area contributed by atoms with E-state index >= 15 is 0 Å². The summed E-state index contributed by atoms with van der Waals surface area (Å²) in [5, 5.41) is 8.36. The van der Waals surface area contributed by atoms with Gasteiger partial charge in [0.1, 0.15) is 11.6 Å². The lowest BCUT2D eigenvalue weighted by Crippen LogP contribution is -2.41. The summed E-state index contributed by atoms with van der Waals surface area (Å²) in [4.78, 5) is 21.3. The lowest BCUT2D eigenvalue weighted by Gasteiger charge is -2.23. The van der Waals surface area contributed by atoms with E-state index in [4.69, 9.17) is 0 Å². The Hall–Kier alpha value is -1.89. The first kappa shape index (κ1) is 17.0. The molecule has 0 saturated carbocycles. The minimum absolute atomic E-state index is 0.0570. The fraction of sp³-hybridized carbons (Fsp3) is 0.529. The first-order chi connectivity index (χ1) is 11.3. The van der Waals surface area contributed by atoms with E-state index in [0.717, 1.165) is 29.5 Å². The SMILES string of the molecule is Cc1nc2n(n1)CC(NC(=O)c1ccnc(SC(C)(C)C)c1)CC2. The summed E-state index contributed by atoms with van der Waals surface area (Å²) in [6, 6.07) is 3.70. The molecule has 2 aromatic rings. The number of amides is 1. The van der Waals surface area contributed by atoms with E-state index in [0.29, 0.717) is 12.1 Å². The van der Waals surface area contributed by atoms with E-state index in [1.165, 1.54) is 0 Å². The number of nitrogens with one attached hydrogen (secondary N) is 1. The van der Waals surface area contributed by atoms with Gasteiger partial charge in [-0.05, 0) is 25.5 Å². The minimum Gasteiger partial charge on any atom is -0.347 e. The van der Waals surface area contributed by atoms with Gasteiger partial charge in [0, 0.05) is 29.0 Å².